The van der Waals surface area contributed by atoms with Crippen molar-refractivity contribution in [3.05, 3.63) is 65.6 Å². The summed E-state index contributed by atoms with van der Waals surface area (Å²) in [6.07, 6.45) is 0. The Hall–Kier alpha value is -3.53. The average Bonchev–Trinajstić information content (AvgIpc) is 2.76. The Morgan fingerprint density at radius 3 is 2.50 bits per heavy atom. The molecule has 0 aliphatic carbocycles. The van der Waals surface area contributed by atoms with E-state index in [0.717, 1.165) is 0 Å². The van der Waals surface area contributed by atoms with Gasteiger partial charge in [-0.25, -0.2) is 19.1 Å². The lowest BCUT2D eigenvalue weighted by Gasteiger charge is -2.18. The highest BCUT2D eigenvalue weighted by Crippen LogP contribution is 2.28. The molecule has 8 nitrogen and oxygen atoms in total. The van der Waals surface area contributed by atoms with E-state index >= 15 is 0 Å². The van der Waals surface area contributed by atoms with Crippen molar-refractivity contribution in [3.63, 3.8) is 0 Å². The summed E-state index contributed by atoms with van der Waals surface area (Å²) in [5.74, 6) is -0.477. The molecule has 3 rings (SSSR count). The molecule has 0 aliphatic heterocycles. The molecule has 0 radical (unpaired) electrons. The number of sulfonamides is 1. The molecule has 1 aromatic carbocycles. The van der Waals surface area contributed by atoms with Gasteiger partial charge in [-0.1, -0.05) is 19.9 Å². The average molecular weight is 487 g/mol. The van der Waals surface area contributed by atoms with Crippen LogP contribution in [0.3, 0.4) is 0 Å². The Balaban J connectivity index is 1.94. The summed E-state index contributed by atoms with van der Waals surface area (Å²) in [7, 11) is -0.845. The smallest absolute Gasteiger partial charge is 0.281 e. The van der Waals surface area contributed by atoms with Crippen LogP contribution in [-0.2, 0) is 10.0 Å². The Morgan fingerprint density at radius 2 is 1.85 bits per heavy atom. The second-order valence-electron chi connectivity index (χ2n) is 8.39. The fourth-order valence-corrected chi connectivity index (χ4v) is 4.06. The number of pyridine rings is 2. The molecular formula is C24H27FN4O4S. The summed E-state index contributed by atoms with van der Waals surface area (Å²) < 4.78 is 47.2. The number of carbonyl (C=O) groups excluding carboxylic acids is 1. The standard InChI is InChI=1S/C24H27FN4O4S/c1-15(2)14-33-19-12-17(11-18(25)13-19)21-10-9-20(23(27-21)29(4)5)24(30)28-34(31,32)22-8-6-7-16(3)26-22/h6-13,15H,14H2,1-5H3,(H,28,30). The van der Waals surface area contributed by atoms with E-state index < -0.39 is 21.7 Å². The molecule has 0 atom stereocenters. The number of anilines is 1. The molecule has 0 fully saturated rings. The topological polar surface area (TPSA) is 101 Å². The van der Waals surface area contributed by atoms with Gasteiger partial charge in [0.15, 0.2) is 5.03 Å². The molecule has 0 spiro atoms. The van der Waals surface area contributed by atoms with Crippen molar-refractivity contribution in [2.24, 2.45) is 5.92 Å². The SMILES string of the molecule is Cc1cccc(S(=O)(=O)NC(=O)c2ccc(-c3cc(F)cc(OCC(C)C)c3)nc2N(C)C)n1. The number of nitrogens with zero attached hydrogens (tertiary/aromatic N) is 3. The van der Waals surface area contributed by atoms with Crippen molar-refractivity contribution in [1.82, 2.24) is 14.7 Å². The zero-order valence-corrected chi connectivity index (χ0v) is 20.5. The van der Waals surface area contributed by atoms with Gasteiger partial charge in [0.1, 0.15) is 17.4 Å². The quantitative estimate of drug-likeness (QED) is 0.517. The summed E-state index contributed by atoms with van der Waals surface area (Å²) in [5, 5.41) is -0.259. The highest BCUT2D eigenvalue weighted by Gasteiger charge is 2.24. The van der Waals surface area contributed by atoms with Crippen LogP contribution in [-0.4, -0.2) is 45.0 Å². The third kappa shape index (κ3) is 6.07. The van der Waals surface area contributed by atoms with Gasteiger partial charge in [0.25, 0.3) is 15.9 Å². The van der Waals surface area contributed by atoms with Gasteiger partial charge in [0.2, 0.25) is 0 Å². The van der Waals surface area contributed by atoms with Crippen LogP contribution in [0.5, 0.6) is 5.75 Å². The number of hydrogen-bond donors (Lipinski definition) is 1. The first-order valence-corrected chi connectivity index (χ1v) is 12.1. The van der Waals surface area contributed by atoms with Gasteiger partial charge < -0.3 is 9.64 Å². The van der Waals surface area contributed by atoms with Crippen molar-refractivity contribution in [2.75, 3.05) is 25.6 Å². The van der Waals surface area contributed by atoms with Crippen molar-refractivity contribution in [1.29, 1.82) is 0 Å². The van der Waals surface area contributed by atoms with Gasteiger partial charge in [-0.3, -0.25) is 4.79 Å². The van der Waals surface area contributed by atoms with Gasteiger partial charge in [0, 0.05) is 31.4 Å². The van der Waals surface area contributed by atoms with E-state index in [1.807, 2.05) is 18.6 Å². The lowest BCUT2D eigenvalue weighted by atomic mass is 10.1. The lowest BCUT2D eigenvalue weighted by Crippen LogP contribution is -2.32. The van der Waals surface area contributed by atoms with E-state index in [0.29, 0.717) is 29.3 Å². The van der Waals surface area contributed by atoms with E-state index in [1.165, 1.54) is 30.3 Å². The highest BCUT2D eigenvalue weighted by atomic mass is 32.2. The van der Waals surface area contributed by atoms with Crippen LogP contribution in [0.4, 0.5) is 10.2 Å². The predicted octanol–water partition coefficient (Wildman–Crippen LogP) is 3.81. The van der Waals surface area contributed by atoms with Crippen LogP contribution in [0.15, 0.2) is 53.6 Å². The summed E-state index contributed by atoms with van der Waals surface area (Å²) in [4.78, 5) is 22.9. The number of carbonyl (C=O) groups is 1. The van der Waals surface area contributed by atoms with E-state index in [1.54, 1.807) is 44.1 Å². The van der Waals surface area contributed by atoms with E-state index in [9.17, 15) is 17.6 Å². The molecule has 180 valence electrons. The summed E-state index contributed by atoms with van der Waals surface area (Å²) in [6.45, 7) is 6.07. The third-order valence-electron chi connectivity index (χ3n) is 4.66. The van der Waals surface area contributed by atoms with Crippen molar-refractivity contribution < 1.29 is 22.3 Å². The maximum atomic E-state index is 14.2. The molecule has 1 amide bonds. The van der Waals surface area contributed by atoms with Crippen molar-refractivity contribution in [3.8, 4) is 17.0 Å². The fourth-order valence-electron chi connectivity index (χ4n) is 3.08. The zero-order chi connectivity index (χ0) is 25.0. The first kappa shape index (κ1) is 25.1. The molecular weight excluding hydrogens is 459 g/mol. The van der Waals surface area contributed by atoms with Crippen molar-refractivity contribution >= 4 is 21.7 Å². The van der Waals surface area contributed by atoms with E-state index in [-0.39, 0.29) is 22.3 Å². The van der Waals surface area contributed by atoms with Crippen LogP contribution in [0.2, 0.25) is 0 Å². The predicted molar refractivity (Wildman–Crippen MR) is 128 cm³/mol. The maximum absolute atomic E-state index is 14.2. The number of amides is 1. The Labute approximate surface area is 198 Å². The molecule has 0 bridgehead atoms. The van der Waals surface area contributed by atoms with Crippen LogP contribution in [0.25, 0.3) is 11.3 Å². The van der Waals surface area contributed by atoms with Gasteiger partial charge in [-0.2, -0.15) is 8.42 Å². The van der Waals surface area contributed by atoms with Gasteiger partial charge in [0.05, 0.1) is 17.9 Å². The number of halogens is 1. The van der Waals surface area contributed by atoms with Gasteiger partial charge >= 0.3 is 0 Å². The molecule has 0 aliphatic rings. The molecule has 0 saturated carbocycles. The molecule has 34 heavy (non-hydrogen) atoms. The summed E-state index contributed by atoms with van der Waals surface area (Å²) >= 11 is 0. The molecule has 10 heteroatoms. The van der Waals surface area contributed by atoms with Gasteiger partial charge in [-0.15, -0.1) is 0 Å². The first-order valence-electron chi connectivity index (χ1n) is 10.6. The molecule has 0 saturated heterocycles. The number of aryl methyl sites for hydroxylation is 1. The molecule has 2 aromatic heterocycles. The number of ether oxygens (including phenoxy) is 1. The van der Waals surface area contributed by atoms with Crippen LogP contribution >= 0.6 is 0 Å². The minimum atomic E-state index is -4.18. The Morgan fingerprint density at radius 1 is 1.12 bits per heavy atom. The fraction of sp³-hybridized carbons (Fsp3) is 0.292. The number of aromatic nitrogens is 2. The third-order valence-corrected chi connectivity index (χ3v) is 5.89. The minimum Gasteiger partial charge on any atom is -0.493 e. The minimum absolute atomic E-state index is 0.0395. The number of rotatable bonds is 8. The molecule has 2 heterocycles. The van der Waals surface area contributed by atoms with E-state index in [2.05, 4.69) is 9.97 Å². The largest absolute Gasteiger partial charge is 0.493 e. The van der Waals surface area contributed by atoms with E-state index in [4.69, 9.17) is 4.74 Å². The van der Waals surface area contributed by atoms with Crippen LogP contribution in [0.1, 0.15) is 29.9 Å². The molecule has 0 unspecified atom stereocenters. The molecule has 3 aromatic rings. The second-order valence-corrected chi connectivity index (χ2v) is 10.0. The monoisotopic (exact) mass is 486 g/mol. The first-order chi connectivity index (χ1) is 16.0. The van der Waals surface area contributed by atoms with Crippen LogP contribution in [0, 0.1) is 18.7 Å². The number of hydrogen-bond acceptors (Lipinski definition) is 7. The summed E-state index contributed by atoms with van der Waals surface area (Å²) in [5.41, 5.74) is 1.41. The second kappa shape index (κ2) is 10.2. The lowest BCUT2D eigenvalue weighted by molar-refractivity contribution is 0.0981. The Kier molecular flexibility index (Phi) is 7.51. The molecule has 1 N–H and O–H groups in total. The van der Waals surface area contributed by atoms with Crippen molar-refractivity contribution in [2.45, 2.75) is 25.8 Å². The van der Waals surface area contributed by atoms with Crippen LogP contribution < -0.4 is 14.4 Å². The maximum Gasteiger partial charge on any atom is 0.281 e. The number of benzene rings is 1. The zero-order valence-electron chi connectivity index (χ0n) is 19.7. The van der Waals surface area contributed by atoms with Gasteiger partial charge in [-0.05, 0) is 49.2 Å². The summed E-state index contributed by atoms with van der Waals surface area (Å²) in [6, 6.07) is 11.8. The Bertz CT molecular complexity index is 1310. The number of nitrogens with one attached hydrogen (secondary N) is 1. The normalized spacial score (nSPS) is 11.4. The highest BCUT2D eigenvalue weighted by molar-refractivity contribution is 7.90.